The van der Waals surface area contributed by atoms with Crippen molar-refractivity contribution in [2.45, 2.75) is 33.1 Å². The van der Waals surface area contributed by atoms with Crippen molar-refractivity contribution >= 4 is 22.4 Å². The van der Waals surface area contributed by atoms with Gasteiger partial charge in [-0.1, -0.05) is 36.5 Å². The maximum absolute atomic E-state index is 11.8. The van der Waals surface area contributed by atoms with Crippen LogP contribution in [0.1, 0.15) is 30.3 Å². The highest BCUT2D eigenvalue weighted by Gasteiger charge is 2.07. The number of amides is 1. The number of nitrogens with zero attached hydrogens (tertiary/aromatic N) is 2. The molecule has 1 aromatic heterocycles. The molecule has 0 atom stereocenters. The van der Waals surface area contributed by atoms with Crippen molar-refractivity contribution in [2.75, 3.05) is 11.9 Å². The maximum atomic E-state index is 11.8. The van der Waals surface area contributed by atoms with Gasteiger partial charge < -0.3 is 10.1 Å². The Balaban J connectivity index is 1.69. The van der Waals surface area contributed by atoms with Gasteiger partial charge in [0.2, 0.25) is 11.0 Å². The first-order valence-electron chi connectivity index (χ1n) is 6.99. The molecule has 0 spiro atoms. The first-order chi connectivity index (χ1) is 10.2. The van der Waals surface area contributed by atoms with E-state index in [0.29, 0.717) is 24.6 Å². The van der Waals surface area contributed by atoms with Crippen LogP contribution in [0.5, 0.6) is 5.75 Å². The summed E-state index contributed by atoms with van der Waals surface area (Å²) in [7, 11) is 0. The Bertz CT molecular complexity index is 598. The minimum atomic E-state index is -0.0535. The SMILES string of the molecule is CCc1nnc(NC(=O)CCCOc2ccccc2C)s1. The molecule has 2 rings (SSSR count). The van der Waals surface area contributed by atoms with E-state index in [2.05, 4.69) is 15.5 Å². The van der Waals surface area contributed by atoms with Crippen molar-refractivity contribution in [1.29, 1.82) is 0 Å². The highest BCUT2D eigenvalue weighted by atomic mass is 32.1. The Kier molecular flexibility index (Phi) is 5.68. The van der Waals surface area contributed by atoms with Crippen molar-refractivity contribution in [1.82, 2.24) is 10.2 Å². The summed E-state index contributed by atoms with van der Waals surface area (Å²) >= 11 is 1.41. The van der Waals surface area contributed by atoms with E-state index in [9.17, 15) is 4.79 Å². The second-order valence-electron chi connectivity index (χ2n) is 4.62. The van der Waals surface area contributed by atoms with E-state index in [-0.39, 0.29) is 5.91 Å². The molecule has 1 heterocycles. The van der Waals surface area contributed by atoms with Gasteiger partial charge in [-0.2, -0.15) is 0 Å². The Labute approximate surface area is 128 Å². The molecule has 1 aromatic carbocycles. The Hall–Kier alpha value is -1.95. The minimum absolute atomic E-state index is 0.0535. The van der Waals surface area contributed by atoms with E-state index in [4.69, 9.17) is 4.74 Å². The van der Waals surface area contributed by atoms with E-state index >= 15 is 0 Å². The lowest BCUT2D eigenvalue weighted by Crippen LogP contribution is -2.12. The summed E-state index contributed by atoms with van der Waals surface area (Å²) in [6.45, 7) is 4.53. The minimum Gasteiger partial charge on any atom is -0.493 e. The van der Waals surface area contributed by atoms with Crippen LogP contribution in [0.2, 0.25) is 0 Å². The average Bonchev–Trinajstić information content (AvgIpc) is 2.93. The molecule has 0 aliphatic carbocycles. The van der Waals surface area contributed by atoms with Crippen LogP contribution in [0, 0.1) is 6.92 Å². The molecule has 112 valence electrons. The summed E-state index contributed by atoms with van der Waals surface area (Å²) in [6, 6.07) is 7.85. The normalized spacial score (nSPS) is 10.4. The molecule has 0 unspecified atom stereocenters. The van der Waals surface area contributed by atoms with Crippen molar-refractivity contribution in [3.63, 3.8) is 0 Å². The Morgan fingerprint density at radius 1 is 1.33 bits per heavy atom. The zero-order chi connectivity index (χ0) is 15.1. The van der Waals surface area contributed by atoms with Gasteiger partial charge in [-0.3, -0.25) is 4.79 Å². The third kappa shape index (κ3) is 4.82. The maximum Gasteiger partial charge on any atom is 0.226 e. The molecule has 0 aliphatic heterocycles. The number of hydrogen-bond acceptors (Lipinski definition) is 5. The van der Waals surface area contributed by atoms with Crippen molar-refractivity contribution in [2.24, 2.45) is 0 Å². The van der Waals surface area contributed by atoms with Crippen LogP contribution in [-0.2, 0) is 11.2 Å². The molecule has 21 heavy (non-hydrogen) atoms. The van der Waals surface area contributed by atoms with Crippen LogP contribution in [0.3, 0.4) is 0 Å². The van der Waals surface area contributed by atoms with Gasteiger partial charge in [0, 0.05) is 6.42 Å². The third-order valence-electron chi connectivity index (χ3n) is 2.91. The van der Waals surface area contributed by atoms with Gasteiger partial charge >= 0.3 is 0 Å². The number of para-hydroxylation sites is 1. The standard InChI is InChI=1S/C15H19N3O2S/c1-3-14-17-18-15(21-14)16-13(19)9-6-10-20-12-8-5-4-7-11(12)2/h4-5,7-8H,3,6,9-10H2,1-2H3,(H,16,18,19). The second kappa shape index (κ2) is 7.73. The zero-order valence-electron chi connectivity index (χ0n) is 12.3. The van der Waals surface area contributed by atoms with Gasteiger partial charge in [-0.15, -0.1) is 10.2 Å². The summed E-state index contributed by atoms with van der Waals surface area (Å²) in [5.41, 5.74) is 1.10. The van der Waals surface area contributed by atoms with E-state index < -0.39 is 0 Å². The van der Waals surface area contributed by atoms with Crippen molar-refractivity contribution in [3.05, 3.63) is 34.8 Å². The van der Waals surface area contributed by atoms with Crippen LogP contribution in [0.15, 0.2) is 24.3 Å². The fraction of sp³-hybridized carbons (Fsp3) is 0.400. The number of ether oxygens (including phenoxy) is 1. The predicted molar refractivity (Wildman–Crippen MR) is 83.8 cm³/mol. The predicted octanol–water partition coefficient (Wildman–Crippen LogP) is 3.21. The molecule has 1 N–H and O–H groups in total. The molecular weight excluding hydrogens is 286 g/mol. The number of hydrogen-bond donors (Lipinski definition) is 1. The summed E-state index contributed by atoms with van der Waals surface area (Å²) in [4.78, 5) is 11.8. The summed E-state index contributed by atoms with van der Waals surface area (Å²) in [6.07, 6.45) is 1.91. The molecule has 2 aromatic rings. The summed E-state index contributed by atoms with van der Waals surface area (Å²) < 4.78 is 5.65. The monoisotopic (exact) mass is 305 g/mol. The number of carbonyl (C=O) groups is 1. The molecule has 0 fully saturated rings. The second-order valence-corrected chi connectivity index (χ2v) is 5.68. The van der Waals surface area contributed by atoms with Crippen LogP contribution in [-0.4, -0.2) is 22.7 Å². The number of aryl methyl sites for hydroxylation is 2. The van der Waals surface area contributed by atoms with Gasteiger partial charge in [0.15, 0.2) is 0 Å². The molecule has 6 heteroatoms. The summed E-state index contributed by atoms with van der Waals surface area (Å²) in [5, 5.41) is 12.1. The lowest BCUT2D eigenvalue weighted by atomic mass is 10.2. The topological polar surface area (TPSA) is 64.1 Å². The van der Waals surface area contributed by atoms with Crippen LogP contribution in [0.4, 0.5) is 5.13 Å². The highest BCUT2D eigenvalue weighted by molar-refractivity contribution is 7.15. The lowest BCUT2D eigenvalue weighted by molar-refractivity contribution is -0.116. The molecule has 5 nitrogen and oxygen atoms in total. The number of benzene rings is 1. The Morgan fingerprint density at radius 2 is 2.14 bits per heavy atom. The fourth-order valence-corrected chi connectivity index (χ4v) is 2.46. The van der Waals surface area contributed by atoms with Gasteiger partial charge in [0.05, 0.1) is 6.61 Å². The fourth-order valence-electron chi connectivity index (χ4n) is 1.76. The average molecular weight is 305 g/mol. The van der Waals surface area contributed by atoms with Crippen molar-refractivity contribution in [3.8, 4) is 5.75 Å². The van der Waals surface area contributed by atoms with Crippen molar-refractivity contribution < 1.29 is 9.53 Å². The quantitative estimate of drug-likeness (QED) is 0.798. The molecule has 0 aliphatic rings. The molecular formula is C15H19N3O2S. The number of rotatable bonds is 7. The van der Waals surface area contributed by atoms with Crippen LogP contribution < -0.4 is 10.1 Å². The smallest absolute Gasteiger partial charge is 0.226 e. The first-order valence-corrected chi connectivity index (χ1v) is 7.81. The molecule has 1 amide bonds. The number of aromatic nitrogens is 2. The molecule has 0 saturated carbocycles. The number of carbonyl (C=O) groups excluding carboxylic acids is 1. The van der Waals surface area contributed by atoms with Crippen LogP contribution >= 0.6 is 11.3 Å². The summed E-state index contributed by atoms with van der Waals surface area (Å²) in [5.74, 6) is 0.816. The lowest BCUT2D eigenvalue weighted by Gasteiger charge is -2.08. The molecule has 0 saturated heterocycles. The van der Waals surface area contributed by atoms with E-state index in [0.717, 1.165) is 22.7 Å². The molecule has 0 bridgehead atoms. The molecule has 0 radical (unpaired) electrons. The first kappa shape index (κ1) is 15.4. The number of nitrogens with one attached hydrogen (secondary N) is 1. The van der Waals surface area contributed by atoms with Gasteiger partial charge in [-0.05, 0) is 31.4 Å². The highest BCUT2D eigenvalue weighted by Crippen LogP contribution is 2.17. The van der Waals surface area contributed by atoms with E-state index in [1.165, 1.54) is 11.3 Å². The largest absolute Gasteiger partial charge is 0.493 e. The Morgan fingerprint density at radius 3 is 2.86 bits per heavy atom. The van der Waals surface area contributed by atoms with Gasteiger partial charge in [0.25, 0.3) is 0 Å². The van der Waals surface area contributed by atoms with Gasteiger partial charge in [0.1, 0.15) is 10.8 Å². The third-order valence-corrected chi connectivity index (χ3v) is 3.90. The number of anilines is 1. The van der Waals surface area contributed by atoms with Crippen LogP contribution in [0.25, 0.3) is 0 Å². The van der Waals surface area contributed by atoms with E-state index in [1.807, 2.05) is 38.1 Å². The van der Waals surface area contributed by atoms with E-state index in [1.54, 1.807) is 0 Å². The van der Waals surface area contributed by atoms with Gasteiger partial charge in [-0.25, -0.2) is 0 Å². The zero-order valence-corrected chi connectivity index (χ0v) is 13.1.